The lowest BCUT2D eigenvalue weighted by atomic mass is 9.90. The number of hydrogen-bond acceptors (Lipinski definition) is 15. The molecule has 0 heterocycles. The summed E-state index contributed by atoms with van der Waals surface area (Å²) in [6, 6.07) is 109. The first kappa shape index (κ1) is 78.0. The maximum absolute atomic E-state index is 12.6. The molecule has 0 aliphatic heterocycles. The van der Waals surface area contributed by atoms with Crippen LogP contribution in [-0.2, 0) is 46.2 Å². The quantitative estimate of drug-likeness (QED) is 0.0266. The van der Waals surface area contributed by atoms with Crippen LogP contribution in [0.3, 0.4) is 0 Å². The topological polar surface area (TPSA) is 226 Å². The fourth-order valence-electron chi connectivity index (χ4n) is 17.4. The molecule has 0 saturated carbocycles. The van der Waals surface area contributed by atoms with E-state index in [1.54, 1.807) is 42.5 Å². The summed E-state index contributed by atoms with van der Waals surface area (Å²) in [5.74, 6) is 2.59. The van der Waals surface area contributed by atoms with Crippen LogP contribution in [0.2, 0.25) is 0 Å². The zero-order chi connectivity index (χ0) is 85.5. The van der Waals surface area contributed by atoms with Crippen molar-refractivity contribution in [3.63, 3.8) is 0 Å². The fraction of sp³-hybridized carbons (Fsp3) is 0.0631. The van der Waals surface area contributed by atoms with E-state index in [1.807, 2.05) is 309 Å². The number of ether oxygens (including phenoxy) is 7. The molecule has 20 rings (SSSR count). The van der Waals surface area contributed by atoms with Gasteiger partial charge in [0.05, 0.1) is 0 Å². The Morgan fingerprint density at radius 1 is 0.151 bits per heavy atom. The van der Waals surface area contributed by atoms with E-state index in [9.17, 15) is 40.9 Å². The number of hydrogen-bond donors (Lipinski definition) is 8. The van der Waals surface area contributed by atoms with E-state index in [0.717, 1.165) is 86.2 Å². The third-order valence-electron chi connectivity index (χ3n) is 23.4. The molecule has 0 fully saturated rings. The van der Waals surface area contributed by atoms with Crippen molar-refractivity contribution in [2.75, 3.05) is 0 Å². The van der Waals surface area contributed by atoms with Crippen molar-refractivity contribution in [3.05, 3.63) is 391 Å². The van der Waals surface area contributed by atoms with Gasteiger partial charge in [-0.1, -0.05) is 237 Å². The molecule has 20 aromatic carbocycles. The van der Waals surface area contributed by atoms with Crippen LogP contribution in [0.5, 0.6) is 86.2 Å². The van der Waals surface area contributed by atoms with Gasteiger partial charge in [-0.05, 0) is 200 Å². The van der Waals surface area contributed by atoms with Gasteiger partial charge < -0.3 is 74.0 Å². The van der Waals surface area contributed by atoms with Crippen molar-refractivity contribution in [2.24, 2.45) is 0 Å². The van der Waals surface area contributed by atoms with Crippen LogP contribution in [0.15, 0.2) is 352 Å². The van der Waals surface area contributed by atoms with Crippen LogP contribution in [0, 0.1) is 0 Å². The number of phenolic OH excluding ortho intramolecular Hbond substituents is 8. The zero-order valence-electron chi connectivity index (χ0n) is 67.9. The molecule has 0 atom stereocenters. The number of rotatable bonds is 25. The Balaban J connectivity index is 0.648. The molecule has 0 unspecified atom stereocenters. The normalized spacial score (nSPS) is 11.5. The van der Waals surface area contributed by atoms with Crippen LogP contribution < -0.4 is 33.2 Å². The Bertz CT molecular complexity index is 6850. The van der Waals surface area contributed by atoms with E-state index in [0.29, 0.717) is 124 Å². The average molecular weight is 1650 g/mol. The first-order chi connectivity index (χ1) is 61.7. The summed E-state index contributed by atoms with van der Waals surface area (Å²) in [6.45, 7) is -0.510. The molecule has 15 heteroatoms. The SMILES string of the molecule is Oc1ccc2ccccc2c1-c1c(O)c(COc2cc(COc3cc(COc4ccccc4)cc(OCc4cc(OCc5cc6ccccc6c(-c6c(O)ccc7ccccc67)c5O)cc(OCc5cc6ccccc6c(-c6c(O)ccc7ccccc67)c5O)c4)c3)cc(OCc3cc4ccccc4c(-c4c(O)ccc5ccccc45)c3O)c2)cc2ccccc12. The molecule has 15 nitrogen and oxygen atoms in total. The van der Waals surface area contributed by atoms with Gasteiger partial charge in [-0.15, -0.1) is 0 Å². The number of benzene rings is 20. The Kier molecular flexibility index (Phi) is 20.7. The summed E-state index contributed by atoms with van der Waals surface area (Å²) in [4.78, 5) is 0. The maximum atomic E-state index is 12.6. The van der Waals surface area contributed by atoms with Crippen molar-refractivity contribution >= 4 is 86.2 Å². The van der Waals surface area contributed by atoms with Crippen LogP contribution in [0.1, 0.15) is 38.9 Å². The highest BCUT2D eigenvalue weighted by molar-refractivity contribution is 6.14. The number of fused-ring (bicyclic) bond motifs is 8. The summed E-state index contributed by atoms with van der Waals surface area (Å²) in [6.07, 6.45) is 0. The Morgan fingerprint density at radius 3 is 0.579 bits per heavy atom. The zero-order valence-corrected chi connectivity index (χ0v) is 67.9. The third kappa shape index (κ3) is 15.3. The molecular formula is C111H80O15. The minimum absolute atomic E-state index is 0.00516. The number of aromatic hydroxyl groups is 8. The molecule has 0 saturated heterocycles. The third-order valence-corrected chi connectivity index (χ3v) is 23.4. The van der Waals surface area contributed by atoms with Gasteiger partial charge in [-0.3, -0.25) is 0 Å². The maximum Gasteiger partial charge on any atom is 0.130 e. The first-order valence-corrected chi connectivity index (χ1v) is 41.4. The van der Waals surface area contributed by atoms with Crippen LogP contribution >= 0.6 is 0 Å². The smallest absolute Gasteiger partial charge is 0.130 e. The summed E-state index contributed by atoms with van der Waals surface area (Å²) in [5, 5.41) is 110. The van der Waals surface area contributed by atoms with Crippen LogP contribution in [0.4, 0.5) is 0 Å². The lowest BCUT2D eigenvalue weighted by Crippen LogP contribution is -2.04. The van der Waals surface area contributed by atoms with Gasteiger partial charge >= 0.3 is 0 Å². The molecule has 0 aliphatic carbocycles. The van der Waals surface area contributed by atoms with Gasteiger partial charge in [-0.2, -0.15) is 0 Å². The predicted octanol–water partition coefficient (Wildman–Crippen LogP) is 26.3. The van der Waals surface area contributed by atoms with Crippen molar-refractivity contribution in [1.29, 1.82) is 0 Å². The Morgan fingerprint density at radius 2 is 0.341 bits per heavy atom. The molecule has 0 amide bonds. The largest absolute Gasteiger partial charge is 0.507 e. The van der Waals surface area contributed by atoms with Crippen molar-refractivity contribution in [3.8, 4) is 131 Å². The van der Waals surface area contributed by atoms with Crippen molar-refractivity contribution in [1.82, 2.24) is 0 Å². The van der Waals surface area contributed by atoms with Gasteiger partial charge in [0.1, 0.15) is 132 Å². The average Bonchev–Trinajstić information content (AvgIpc) is 0.762. The Labute approximate surface area is 723 Å². The summed E-state index contributed by atoms with van der Waals surface area (Å²) in [5.41, 5.74) is 7.44. The summed E-state index contributed by atoms with van der Waals surface area (Å²) < 4.78 is 47.3. The first-order valence-electron chi connectivity index (χ1n) is 41.4. The number of para-hydroxylation sites is 1. The molecule has 0 aliphatic rings. The molecule has 126 heavy (non-hydrogen) atoms. The van der Waals surface area contributed by atoms with Gasteiger partial charge in [0, 0.05) is 85.0 Å². The highest BCUT2D eigenvalue weighted by Crippen LogP contribution is 2.52. The van der Waals surface area contributed by atoms with Crippen LogP contribution in [-0.4, -0.2) is 40.9 Å². The van der Waals surface area contributed by atoms with E-state index < -0.39 is 0 Å². The van der Waals surface area contributed by atoms with Crippen LogP contribution in [0.25, 0.3) is 131 Å². The Hall–Kier alpha value is -16.5. The minimum atomic E-state index is -0.129. The van der Waals surface area contributed by atoms with E-state index in [-0.39, 0.29) is 92.2 Å². The van der Waals surface area contributed by atoms with E-state index in [2.05, 4.69) is 0 Å². The van der Waals surface area contributed by atoms with E-state index in [1.165, 1.54) is 0 Å². The second-order valence-electron chi connectivity index (χ2n) is 31.4. The molecule has 0 aromatic heterocycles. The van der Waals surface area contributed by atoms with E-state index in [4.69, 9.17) is 33.2 Å². The van der Waals surface area contributed by atoms with Gasteiger partial charge in [0.15, 0.2) is 0 Å². The monoisotopic (exact) mass is 1650 g/mol. The summed E-state index contributed by atoms with van der Waals surface area (Å²) >= 11 is 0. The molecule has 20 aromatic rings. The predicted molar refractivity (Wildman–Crippen MR) is 497 cm³/mol. The fourth-order valence-corrected chi connectivity index (χ4v) is 17.4. The summed E-state index contributed by atoms with van der Waals surface area (Å²) in [7, 11) is 0. The molecule has 8 N–H and O–H groups in total. The number of phenols is 8. The van der Waals surface area contributed by atoms with Gasteiger partial charge in [0.25, 0.3) is 0 Å². The van der Waals surface area contributed by atoms with Gasteiger partial charge in [-0.25, -0.2) is 0 Å². The minimum Gasteiger partial charge on any atom is -0.507 e. The molecule has 0 spiro atoms. The molecule has 0 radical (unpaired) electrons. The lowest BCUT2D eigenvalue weighted by molar-refractivity contribution is 0.271. The second kappa shape index (κ2) is 33.5. The van der Waals surface area contributed by atoms with Gasteiger partial charge in [0.2, 0.25) is 0 Å². The lowest BCUT2D eigenvalue weighted by Gasteiger charge is -2.19. The van der Waals surface area contributed by atoms with E-state index >= 15 is 0 Å². The van der Waals surface area contributed by atoms with Crippen molar-refractivity contribution < 1.29 is 74.0 Å². The molecular weight excluding hydrogens is 1570 g/mol. The molecule has 614 valence electrons. The van der Waals surface area contributed by atoms with Crippen molar-refractivity contribution in [2.45, 2.75) is 46.2 Å². The standard InChI is InChI=1S/C111H80O15/c112-96-42-38-69-20-4-12-30-88(69)100(96)104-92-34-16-8-24-73(92)52-77(108(104)116)62-123-84-48-67(49-85(57-84)124-63-78-53-74-25-9-17-35-93(74)105(109(78)117)101-89-31-13-5-21-70(89)39-43-97(101)113)60-121-82-46-66(59-120-81-28-2-1-3-29-81)47-83(56-82)122-61-68-50-86(125-64-79-54-75-26-10-18-36-94(75)106(110(79)118)102-90-32-14-6-22-71(90)40-44-98(102)114)58-87(51-68)126-65-80-55-76-27-11-19-37-95(76)107(111(80)119)103-91-33-15-7-23-72(91)41-45-99(103)115/h1-58,112-119H,59-65H2. The highest BCUT2D eigenvalue weighted by Gasteiger charge is 2.27. The second-order valence-corrected chi connectivity index (χ2v) is 31.4. The highest BCUT2D eigenvalue weighted by atomic mass is 16.5. The molecule has 0 bridgehead atoms.